The van der Waals surface area contributed by atoms with E-state index in [-0.39, 0.29) is 10.9 Å². The van der Waals surface area contributed by atoms with Crippen molar-refractivity contribution in [1.29, 1.82) is 0 Å². The standard InChI is InChI=1S/C13H24N4O2S/c1-10(2)12(17-6-4-5-7-17)8-15-20(18,19)13-9-14-16-11(13)3/h9-10,12,15H,4-8H2,1-3H3,(H,14,16). The van der Waals surface area contributed by atoms with Crippen molar-refractivity contribution in [1.82, 2.24) is 19.8 Å². The predicted molar refractivity (Wildman–Crippen MR) is 77.9 cm³/mol. The predicted octanol–water partition coefficient (Wildman–Crippen LogP) is 1.12. The monoisotopic (exact) mass is 300 g/mol. The lowest BCUT2D eigenvalue weighted by Crippen LogP contribution is -2.45. The highest BCUT2D eigenvalue weighted by molar-refractivity contribution is 7.89. The van der Waals surface area contributed by atoms with Gasteiger partial charge in [-0.1, -0.05) is 13.8 Å². The Morgan fingerprint density at radius 1 is 1.40 bits per heavy atom. The van der Waals surface area contributed by atoms with Crippen LogP contribution in [0.2, 0.25) is 0 Å². The number of aromatic amines is 1. The first-order valence-electron chi connectivity index (χ1n) is 7.15. The molecule has 7 heteroatoms. The van der Waals surface area contributed by atoms with E-state index in [1.165, 1.54) is 19.0 Å². The highest BCUT2D eigenvalue weighted by atomic mass is 32.2. The number of sulfonamides is 1. The Balaban J connectivity index is 2.04. The van der Waals surface area contributed by atoms with Gasteiger partial charge < -0.3 is 0 Å². The van der Waals surface area contributed by atoms with Gasteiger partial charge in [0, 0.05) is 12.6 Å². The lowest BCUT2D eigenvalue weighted by Gasteiger charge is -2.30. The molecule has 1 aliphatic heterocycles. The van der Waals surface area contributed by atoms with Gasteiger partial charge in [0.2, 0.25) is 10.0 Å². The molecular formula is C13H24N4O2S. The van der Waals surface area contributed by atoms with E-state index in [4.69, 9.17) is 0 Å². The number of rotatable bonds is 6. The van der Waals surface area contributed by atoms with Gasteiger partial charge in [0.1, 0.15) is 4.90 Å². The third kappa shape index (κ3) is 3.39. The summed E-state index contributed by atoms with van der Waals surface area (Å²) in [6.07, 6.45) is 3.77. The Labute approximate surface area is 121 Å². The van der Waals surface area contributed by atoms with Gasteiger partial charge in [0.15, 0.2) is 0 Å². The largest absolute Gasteiger partial charge is 0.299 e. The van der Waals surface area contributed by atoms with Crippen molar-refractivity contribution < 1.29 is 8.42 Å². The molecule has 1 saturated heterocycles. The Hall–Kier alpha value is -0.920. The molecule has 0 spiro atoms. The molecule has 0 aromatic carbocycles. The average molecular weight is 300 g/mol. The zero-order valence-electron chi connectivity index (χ0n) is 12.4. The Bertz CT molecular complexity index is 532. The zero-order chi connectivity index (χ0) is 14.8. The first-order chi connectivity index (χ1) is 9.42. The summed E-state index contributed by atoms with van der Waals surface area (Å²) in [5.41, 5.74) is 0.569. The molecule has 114 valence electrons. The van der Waals surface area contributed by atoms with E-state index in [9.17, 15) is 8.42 Å². The van der Waals surface area contributed by atoms with Crippen LogP contribution in [0.1, 0.15) is 32.4 Å². The number of H-pyrrole nitrogens is 1. The average Bonchev–Trinajstić information content (AvgIpc) is 3.00. The summed E-state index contributed by atoms with van der Waals surface area (Å²) in [5, 5.41) is 6.43. The third-order valence-corrected chi connectivity index (χ3v) is 5.47. The number of aromatic nitrogens is 2. The number of likely N-dealkylation sites (tertiary alicyclic amines) is 1. The number of hydrogen-bond acceptors (Lipinski definition) is 4. The molecule has 20 heavy (non-hydrogen) atoms. The van der Waals surface area contributed by atoms with Crippen LogP contribution in [-0.2, 0) is 10.0 Å². The molecule has 0 amide bonds. The first kappa shape index (κ1) is 15.5. The molecule has 0 radical (unpaired) electrons. The maximum absolute atomic E-state index is 12.3. The van der Waals surface area contributed by atoms with Gasteiger partial charge in [0.05, 0.1) is 11.9 Å². The molecule has 0 bridgehead atoms. The Morgan fingerprint density at radius 2 is 2.05 bits per heavy atom. The van der Waals surface area contributed by atoms with Crippen molar-refractivity contribution >= 4 is 10.0 Å². The summed E-state index contributed by atoms with van der Waals surface area (Å²) in [4.78, 5) is 2.62. The Morgan fingerprint density at radius 3 is 2.55 bits per heavy atom. The maximum Gasteiger partial charge on any atom is 0.244 e. The third-order valence-electron chi connectivity index (χ3n) is 3.93. The van der Waals surface area contributed by atoms with Gasteiger partial charge in [-0.05, 0) is 38.8 Å². The van der Waals surface area contributed by atoms with E-state index >= 15 is 0 Å². The van der Waals surface area contributed by atoms with E-state index in [0.29, 0.717) is 18.2 Å². The van der Waals surface area contributed by atoms with Crippen molar-refractivity contribution in [3.63, 3.8) is 0 Å². The van der Waals surface area contributed by atoms with Crippen molar-refractivity contribution in [3.05, 3.63) is 11.9 Å². The molecule has 1 atom stereocenters. The van der Waals surface area contributed by atoms with Crippen LogP contribution < -0.4 is 4.72 Å². The summed E-state index contributed by atoms with van der Waals surface area (Å²) < 4.78 is 27.3. The zero-order valence-corrected chi connectivity index (χ0v) is 13.2. The molecule has 2 rings (SSSR count). The quantitative estimate of drug-likeness (QED) is 0.825. The molecule has 0 aliphatic carbocycles. The van der Waals surface area contributed by atoms with Crippen molar-refractivity contribution in [2.45, 2.75) is 44.6 Å². The summed E-state index contributed by atoms with van der Waals surface area (Å²) in [6, 6.07) is 0.250. The molecule has 1 aliphatic rings. The normalized spacial score (nSPS) is 18.8. The van der Waals surface area contributed by atoms with E-state index < -0.39 is 10.0 Å². The van der Waals surface area contributed by atoms with E-state index in [0.717, 1.165) is 13.1 Å². The molecule has 2 N–H and O–H groups in total. The van der Waals surface area contributed by atoms with Crippen LogP contribution in [0.25, 0.3) is 0 Å². The Kier molecular flexibility index (Phi) is 4.82. The minimum absolute atomic E-state index is 0.237. The van der Waals surface area contributed by atoms with Gasteiger partial charge in [-0.2, -0.15) is 5.10 Å². The molecule has 1 fully saturated rings. The summed E-state index contributed by atoms with van der Waals surface area (Å²) in [6.45, 7) is 8.57. The van der Waals surface area contributed by atoms with Crippen LogP contribution in [0, 0.1) is 12.8 Å². The van der Waals surface area contributed by atoms with Crippen LogP contribution >= 0.6 is 0 Å². The number of aryl methyl sites for hydroxylation is 1. The van der Waals surface area contributed by atoms with Gasteiger partial charge in [-0.25, -0.2) is 13.1 Å². The molecule has 6 nitrogen and oxygen atoms in total. The highest BCUT2D eigenvalue weighted by Gasteiger charge is 2.27. The number of nitrogens with zero attached hydrogens (tertiary/aromatic N) is 2. The molecule has 1 unspecified atom stereocenters. The van der Waals surface area contributed by atoms with Gasteiger partial charge in [0.25, 0.3) is 0 Å². The van der Waals surface area contributed by atoms with E-state index in [2.05, 4.69) is 33.7 Å². The molecule has 1 aromatic heterocycles. The van der Waals surface area contributed by atoms with E-state index in [1.54, 1.807) is 6.92 Å². The lowest BCUT2D eigenvalue weighted by molar-refractivity contribution is 0.193. The molecule has 1 aromatic rings. The SMILES string of the molecule is Cc1[nH]ncc1S(=O)(=O)NCC(C(C)C)N1CCCC1. The first-order valence-corrected chi connectivity index (χ1v) is 8.64. The fraction of sp³-hybridized carbons (Fsp3) is 0.769. The van der Waals surface area contributed by atoms with Crippen LogP contribution in [0.5, 0.6) is 0 Å². The second kappa shape index (κ2) is 6.24. The second-order valence-corrected chi connectivity index (χ2v) is 7.50. The number of nitrogens with one attached hydrogen (secondary N) is 2. The van der Waals surface area contributed by atoms with E-state index in [1.807, 2.05) is 0 Å². The summed E-state index contributed by atoms with van der Waals surface area (Å²) in [5.74, 6) is 0.418. The fourth-order valence-electron chi connectivity index (χ4n) is 2.74. The van der Waals surface area contributed by atoms with Crippen LogP contribution in [-0.4, -0.2) is 49.2 Å². The van der Waals surface area contributed by atoms with Crippen molar-refractivity contribution in [2.75, 3.05) is 19.6 Å². The highest BCUT2D eigenvalue weighted by Crippen LogP contribution is 2.18. The minimum Gasteiger partial charge on any atom is -0.299 e. The van der Waals surface area contributed by atoms with Crippen LogP contribution in [0.4, 0.5) is 0 Å². The topological polar surface area (TPSA) is 78.1 Å². The lowest BCUT2D eigenvalue weighted by atomic mass is 10.0. The maximum atomic E-state index is 12.3. The number of hydrogen-bond donors (Lipinski definition) is 2. The van der Waals surface area contributed by atoms with Crippen LogP contribution in [0.3, 0.4) is 0 Å². The molecule has 0 saturated carbocycles. The van der Waals surface area contributed by atoms with Crippen molar-refractivity contribution in [2.24, 2.45) is 5.92 Å². The van der Waals surface area contributed by atoms with Crippen LogP contribution in [0.15, 0.2) is 11.1 Å². The molecule has 2 heterocycles. The second-order valence-electron chi connectivity index (χ2n) is 5.77. The summed E-state index contributed by atoms with van der Waals surface area (Å²) >= 11 is 0. The smallest absolute Gasteiger partial charge is 0.244 e. The van der Waals surface area contributed by atoms with Crippen molar-refractivity contribution in [3.8, 4) is 0 Å². The minimum atomic E-state index is -3.48. The fourth-order valence-corrected chi connectivity index (χ4v) is 3.93. The van der Waals surface area contributed by atoms with Gasteiger partial charge >= 0.3 is 0 Å². The van der Waals surface area contributed by atoms with Gasteiger partial charge in [-0.3, -0.25) is 10.00 Å². The summed E-state index contributed by atoms with van der Waals surface area (Å²) in [7, 11) is -3.48. The van der Waals surface area contributed by atoms with Gasteiger partial charge in [-0.15, -0.1) is 0 Å². The molecular weight excluding hydrogens is 276 g/mol.